The van der Waals surface area contributed by atoms with E-state index in [9.17, 15) is 4.79 Å². The largest absolute Gasteiger partial charge is 0.374 e. The molecule has 1 aromatic carbocycles. The molecule has 3 nitrogen and oxygen atoms in total. The van der Waals surface area contributed by atoms with E-state index in [-0.39, 0.29) is 11.9 Å². The SMILES string of the molecule is Cc1ccccc1NC(C)C(=O)N1C(C)CCCC1C. The van der Waals surface area contributed by atoms with Crippen LogP contribution >= 0.6 is 0 Å². The summed E-state index contributed by atoms with van der Waals surface area (Å²) in [6, 6.07) is 8.63. The first-order chi connectivity index (χ1) is 9.50. The number of hydrogen-bond donors (Lipinski definition) is 1. The van der Waals surface area contributed by atoms with Crippen molar-refractivity contribution in [1.82, 2.24) is 4.90 Å². The van der Waals surface area contributed by atoms with Crippen molar-refractivity contribution in [2.75, 3.05) is 5.32 Å². The van der Waals surface area contributed by atoms with Crippen LogP contribution in [0.2, 0.25) is 0 Å². The van der Waals surface area contributed by atoms with Crippen LogP contribution in [0.25, 0.3) is 0 Å². The number of hydrogen-bond acceptors (Lipinski definition) is 2. The Morgan fingerprint density at radius 3 is 2.45 bits per heavy atom. The van der Waals surface area contributed by atoms with Crippen LogP contribution in [0.5, 0.6) is 0 Å². The zero-order valence-electron chi connectivity index (χ0n) is 13.0. The Hall–Kier alpha value is -1.51. The molecule has 0 bridgehead atoms. The van der Waals surface area contributed by atoms with Crippen molar-refractivity contribution in [3.63, 3.8) is 0 Å². The molecule has 1 fully saturated rings. The molecular weight excluding hydrogens is 248 g/mol. The van der Waals surface area contributed by atoms with E-state index in [2.05, 4.69) is 37.1 Å². The molecule has 1 aromatic rings. The molecule has 3 heteroatoms. The van der Waals surface area contributed by atoms with Crippen LogP contribution in [0.4, 0.5) is 5.69 Å². The molecule has 0 aliphatic carbocycles. The fourth-order valence-electron chi connectivity index (χ4n) is 3.11. The molecule has 1 amide bonds. The summed E-state index contributed by atoms with van der Waals surface area (Å²) in [6.07, 6.45) is 3.46. The van der Waals surface area contributed by atoms with Crippen LogP contribution in [-0.2, 0) is 4.79 Å². The Morgan fingerprint density at radius 2 is 1.85 bits per heavy atom. The summed E-state index contributed by atoms with van der Waals surface area (Å²) in [4.78, 5) is 14.8. The van der Waals surface area contributed by atoms with Crippen LogP contribution in [0.1, 0.15) is 45.6 Å². The molecule has 110 valence electrons. The van der Waals surface area contributed by atoms with E-state index in [0.29, 0.717) is 12.1 Å². The van der Waals surface area contributed by atoms with Crippen molar-refractivity contribution in [2.24, 2.45) is 0 Å². The zero-order valence-corrected chi connectivity index (χ0v) is 13.0. The van der Waals surface area contributed by atoms with E-state index < -0.39 is 0 Å². The molecule has 3 unspecified atom stereocenters. The highest BCUT2D eigenvalue weighted by molar-refractivity contribution is 5.85. The van der Waals surface area contributed by atoms with Gasteiger partial charge in [0.2, 0.25) is 5.91 Å². The Labute approximate surface area is 122 Å². The second-order valence-electron chi connectivity index (χ2n) is 6.06. The van der Waals surface area contributed by atoms with Gasteiger partial charge < -0.3 is 10.2 Å². The summed E-state index contributed by atoms with van der Waals surface area (Å²) in [7, 11) is 0. The third kappa shape index (κ3) is 3.14. The smallest absolute Gasteiger partial charge is 0.245 e. The predicted octanol–water partition coefficient (Wildman–Crippen LogP) is 3.58. The monoisotopic (exact) mass is 274 g/mol. The number of aryl methyl sites for hydroxylation is 1. The Bertz CT molecular complexity index is 462. The van der Waals surface area contributed by atoms with Crippen LogP contribution in [0, 0.1) is 6.92 Å². The van der Waals surface area contributed by atoms with E-state index in [1.165, 1.54) is 12.0 Å². The highest BCUT2D eigenvalue weighted by Crippen LogP contribution is 2.24. The molecule has 20 heavy (non-hydrogen) atoms. The molecule has 0 saturated carbocycles. The van der Waals surface area contributed by atoms with Crippen LogP contribution in [0.15, 0.2) is 24.3 Å². The van der Waals surface area contributed by atoms with Gasteiger partial charge in [0.1, 0.15) is 6.04 Å². The second kappa shape index (κ2) is 6.29. The van der Waals surface area contributed by atoms with E-state index in [0.717, 1.165) is 18.5 Å². The lowest BCUT2D eigenvalue weighted by Crippen LogP contribution is -2.52. The van der Waals surface area contributed by atoms with Crippen molar-refractivity contribution >= 4 is 11.6 Å². The lowest BCUT2D eigenvalue weighted by molar-refractivity contribution is -0.137. The van der Waals surface area contributed by atoms with Gasteiger partial charge in [-0.2, -0.15) is 0 Å². The number of amides is 1. The van der Waals surface area contributed by atoms with Gasteiger partial charge in [-0.25, -0.2) is 0 Å². The highest BCUT2D eigenvalue weighted by atomic mass is 16.2. The minimum Gasteiger partial charge on any atom is -0.374 e. The summed E-state index contributed by atoms with van der Waals surface area (Å²) < 4.78 is 0. The topological polar surface area (TPSA) is 32.3 Å². The van der Waals surface area contributed by atoms with Gasteiger partial charge in [0.15, 0.2) is 0 Å². The minimum absolute atomic E-state index is 0.181. The van der Waals surface area contributed by atoms with Gasteiger partial charge in [0, 0.05) is 17.8 Å². The highest BCUT2D eigenvalue weighted by Gasteiger charge is 2.31. The van der Waals surface area contributed by atoms with Crippen molar-refractivity contribution in [1.29, 1.82) is 0 Å². The second-order valence-corrected chi connectivity index (χ2v) is 6.06. The number of anilines is 1. The number of rotatable bonds is 3. The van der Waals surface area contributed by atoms with E-state index in [1.54, 1.807) is 0 Å². The number of nitrogens with one attached hydrogen (secondary N) is 1. The molecule has 1 saturated heterocycles. The first kappa shape index (κ1) is 14.9. The Kier molecular flexibility index (Phi) is 4.69. The average Bonchev–Trinajstić information content (AvgIpc) is 2.41. The third-order valence-electron chi connectivity index (χ3n) is 4.34. The van der Waals surface area contributed by atoms with Crippen molar-refractivity contribution in [3.8, 4) is 0 Å². The fourth-order valence-corrected chi connectivity index (χ4v) is 3.11. The number of nitrogens with zero attached hydrogens (tertiary/aromatic N) is 1. The number of carbonyl (C=O) groups is 1. The number of likely N-dealkylation sites (tertiary alicyclic amines) is 1. The summed E-state index contributed by atoms with van der Waals surface area (Å²) in [6.45, 7) is 8.34. The number of benzene rings is 1. The van der Waals surface area contributed by atoms with Gasteiger partial charge in [0.25, 0.3) is 0 Å². The molecule has 1 heterocycles. The first-order valence-corrected chi connectivity index (χ1v) is 7.65. The van der Waals surface area contributed by atoms with E-state index >= 15 is 0 Å². The fraction of sp³-hybridized carbons (Fsp3) is 0.588. The van der Waals surface area contributed by atoms with Gasteiger partial charge in [-0.05, 0) is 58.6 Å². The molecule has 1 N–H and O–H groups in total. The normalized spacial score (nSPS) is 24.3. The van der Waals surface area contributed by atoms with Crippen molar-refractivity contribution in [2.45, 2.75) is 65.1 Å². The number of piperidine rings is 1. The number of para-hydroxylation sites is 1. The molecule has 3 atom stereocenters. The van der Waals surface area contributed by atoms with Crippen molar-refractivity contribution in [3.05, 3.63) is 29.8 Å². The van der Waals surface area contributed by atoms with Crippen LogP contribution < -0.4 is 5.32 Å². The van der Waals surface area contributed by atoms with Crippen LogP contribution in [0.3, 0.4) is 0 Å². The minimum atomic E-state index is -0.181. The average molecular weight is 274 g/mol. The standard InChI is InChI=1S/C17H26N2O/c1-12-8-5-6-11-16(12)18-15(4)17(20)19-13(2)9-7-10-14(19)3/h5-6,8,11,13-15,18H,7,9-10H2,1-4H3. The maximum absolute atomic E-state index is 12.7. The zero-order chi connectivity index (χ0) is 14.7. The van der Waals surface area contributed by atoms with Gasteiger partial charge in [0.05, 0.1) is 0 Å². The summed E-state index contributed by atoms with van der Waals surface area (Å²) in [5.74, 6) is 0.216. The van der Waals surface area contributed by atoms with Gasteiger partial charge in [-0.1, -0.05) is 18.2 Å². The van der Waals surface area contributed by atoms with Crippen LogP contribution in [-0.4, -0.2) is 28.9 Å². The first-order valence-electron chi connectivity index (χ1n) is 7.65. The molecular formula is C17H26N2O. The maximum Gasteiger partial charge on any atom is 0.245 e. The van der Waals surface area contributed by atoms with E-state index in [1.807, 2.05) is 25.1 Å². The quantitative estimate of drug-likeness (QED) is 0.913. The lowest BCUT2D eigenvalue weighted by Gasteiger charge is -2.40. The van der Waals surface area contributed by atoms with Crippen molar-refractivity contribution < 1.29 is 4.79 Å². The molecule has 0 radical (unpaired) electrons. The number of carbonyl (C=O) groups excluding carboxylic acids is 1. The summed E-state index contributed by atoms with van der Waals surface area (Å²) in [5, 5.41) is 3.36. The molecule has 0 aromatic heterocycles. The molecule has 0 spiro atoms. The Morgan fingerprint density at radius 1 is 1.25 bits per heavy atom. The molecule has 1 aliphatic heterocycles. The predicted molar refractivity (Wildman–Crippen MR) is 83.9 cm³/mol. The molecule has 2 rings (SSSR count). The lowest BCUT2D eigenvalue weighted by atomic mass is 9.96. The maximum atomic E-state index is 12.7. The molecule has 1 aliphatic rings. The summed E-state index contributed by atoms with van der Waals surface area (Å²) >= 11 is 0. The summed E-state index contributed by atoms with van der Waals surface area (Å²) in [5.41, 5.74) is 2.22. The van der Waals surface area contributed by atoms with Gasteiger partial charge >= 0.3 is 0 Å². The van der Waals surface area contributed by atoms with Gasteiger partial charge in [-0.15, -0.1) is 0 Å². The Balaban J connectivity index is 2.06. The third-order valence-corrected chi connectivity index (χ3v) is 4.34. The van der Waals surface area contributed by atoms with Gasteiger partial charge in [-0.3, -0.25) is 4.79 Å². The van der Waals surface area contributed by atoms with E-state index in [4.69, 9.17) is 0 Å².